The summed E-state index contributed by atoms with van der Waals surface area (Å²) < 4.78 is 0. The molecular weight excluding hydrogens is 234 g/mol. The summed E-state index contributed by atoms with van der Waals surface area (Å²) in [7, 11) is 0. The smallest absolute Gasteiger partial charge is 0.185 e. The Morgan fingerprint density at radius 2 is 1.63 bits per heavy atom. The van der Waals surface area contributed by atoms with Crippen LogP contribution in [0.2, 0.25) is 0 Å². The highest BCUT2D eigenvalue weighted by Gasteiger charge is 2.12. The lowest BCUT2D eigenvalue weighted by Gasteiger charge is -2.10. The molecule has 2 rings (SSSR count). The third-order valence-corrected chi connectivity index (χ3v) is 3.38. The van der Waals surface area contributed by atoms with Crippen molar-refractivity contribution in [3.8, 4) is 0 Å². The van der Waals surface area contributed by atoms with Gasteiger partial charge in [0.25, 0.3) is 0 Å². The summed E-state index contributed by atoms with van der Waals surface area (Å²) in [6.45, 7) is 8.17. The zero-order chi connectivity index (χ0) is 14.0. The second kappa shape index (κ2) is 5.35. The van der Waals surface area contributed by atoms with Gasteiger partial charge in [-0.05, 0) is 62.1 Å². The highest BCUT2D eigenvalue weighted by atomic mass is 16.1. The first kappa shape index (κ1) is 13.5. The van der Waals surface area contributed by atoms with Gasteiger partial charge < -0.3 is 0 Å². The standard InChI is InChI=1S/C17H19NO/c1-11-5-6-18-16(9-11)17(19)10-15-13(3)7-12(2)8-14(15)4/h5-9H,10H2,1-4H3. The molecule has 0 aliphatic carbocycles. The topological polar surface area (TPSA) is 30.0 Å². The van der Waals surface area contributed by atoms with Crippen LogP contribution in [0.25, 0.3) is 0 Å². The van der Waals surface area contributed by atoms with E-state index >= 15 is 0 Å². The van der Waals surface area contributed by atoms with Gasteiger partial charge in [0, 0.05) is 12.6 Å². The largest absolute Gasteiger partial charge is 0.292 e. The van der Waals surface area contributed by atoms with E-state index < -0.39 is 0 Å². The summed E-state index contributed by atoms with van der Waals surface area (Å²) >= 11 is 0. The van der Waals surface area contributed by atoms with Gasteiger partial charge in [-0.1, -0.05) is 17.7 Å². The van der Waals surface area contributed by atoms with Crippen molar-refractivity contribution in [3.05, 3.63) is 64.0 Å². The summed E-state index contributed by atoms with van der Waals surface area (Å²) in [6.07, 6.45) is 2.12. The summed E-state index contributed by atoms with van der Waals surface area (Å²) in [4.78, 5) is 16.5. The van der Waals surface area contributed by atoms with Crippen LogP contribution in [0.1, 0.15) is 38.3 Å². The van der Waals surface area contributed by atoms with Crippen molar-refractivity contribution in [2.75, 3.05) is 0 Å². The molecule has 1 heterocycles. The van der Waals surface area contributed by atoms with Crippen LogP contribution in [0.15, 0.2) is 30.5 Å². The van der Waals surface area contributed by atoms with Crippen molar-refractivity contribution in [3.63, 3.8) is 0 Å². The number of aryl methyl sites for hydroxylation is 4. The quantitative estimate of drug-likeness (QED) is 0.780. The minimum absolute atomic E-state index is 0.0822. The molecule has 2 nitrogen and oxygen atoms in total. The van der Waals surface area contributed by atoms with Gasteiger partial charge in [0.05, 0.1) is 0 Å². The van der Waals surface area contributed by atoms with E-state index in [1.807, 2.05) is 19.1 Å². The van der Waals surface area contributed by atoms with Crippen molar-refractivity contribution in [1.82, 2.24) is 4.98 Å². The Bertz CT molecular complexity index is 606. The van der Waals surface area contributed by atoms with E-state index in [1.165, 1.54) is 16.7 Å². The molecule has 2 aromatic rings. The summed E-state index contributed by atoms with van der Waals surface area (Å²) in [5.74, 6) is 0.0822. The van der Waals surface area contributed by atoms with Gasteiger partial charge in [0.1, 0.15) is 5.69 Å². The number of ketones is 1. The molecular formula is C17H19NO. The monoisotopic (exact) mass is 253 g/mol. The first-order valence-electron chi connectivity index (χ1n) is 6.50. The second-order valence-corrected chi connectivity index (χ2v) is 5.20. The third kappa shape index (κ3) is 3.08. The zero-order valence-corrected chi connectivity index (χ0v) is 11.9. The second-order valence-electron chi connectivity index (χ2n) is 5.20. The molecule has 0 bridgehead atoms. The van der Waals surface area contributed by atoms with Gasteiger partial charge in [-0.25, -0.2) is 0 Å². The maximum Gasteiger partial charge on any atom is 0.185 e. The number of carbonyl (C=O) groups is 1. The van der Waals surface area contributed by atoms with Gasteiger partial charge in [0.2, 0.25) is 0 Å². The Hall–Kier alpha value is -1.96. The van der Waals surface area contributed by atoms with Gasteiger partial charge >= 0.3 is 0 Å². The number of nitrogens with zero attached hydrogens (tertiary/aromatic N) is 1. The molecule has 0 spiro atoms. The third-order valence-electron chi connectivity index (χ3n) is 3.38. The molecule has 0 N–H and O–H groups in total. The molecule has 2 heteroatoms. The van der Waals surface area contributed by atoms with Crippen molar-refractivity contribution in [1.29, 1.82) is 0 Å². The van der Waals surface area contributed by atoms with Gasteiger partial charge in [-0.2, -0.15) is 0 Å². The van der Waals surface area contributed by atoms with E-state index in [2.05, 4.69) is 37.9 Å². The highest BCUT2D eigenvalue weighted by Crippen LogP contribution is 2.18. The number of rotatable bonds is 3. The maximum atomic E-state index is 12.3. The lowest BCUT2D eigenvalue weighted by Crippen LogP contribution is -2.08. The predicted molar refractivity (Wildman–Crippen MR) is 77.7 cm³/mol. The Morgan fingerprint density at radius 3 is 2.21 bits per heavy atom. The van der Waals surface area contributed by atoms with Gasteiger partial charge in [-0.15, -0.1) is 0 Å². The number of carbonyl (C=O) groups excluding carboxylic acids is 1. The fourth-order valence-electron chi connectivity index (χ4n) is 2.43. The minimum atomic E-state index is 0.0822. The van der Waals surface area contributed by atoms with E-state index in [0.29, 0.717) is 12.1 Å². The molecule has 0 aliphatic rings. The SMILES string of the molecule is Cc1ccnc(C(=O)Cc2c(C)cc(C)cc2C)c1. The fourth-order valence-corrected chi connectivity index (χ4v) is 2.43. The van der Waals surface area contributed by atoms with E-state index in [9.17, 15) is 4.79 Å². The van der Waals surface area contributed by atoms with Crippen molar-refractivity contribution < 1.29 is 4.79 Å². The molecule has 0 aliphatic heterocycles. The van der Waals surface area contributed by atoms with Crippen LogP contribution in [-0.2, 0) is 6.42 Å². The lowest BCUT2D eigenvalue weighted by atomic mass is 9.95. The van der Waals surface area contributed by atoms with Crippen LogP contribution in [0.5, 0.6) is 0 Å². The molecule has 1 aromatic heterocycles. The highest BCUT2D eigenvalue weighted by molar-refractivity contribution is 5.96. The Balaban J connectivity index is 2.29. The molecule has 19 heavy (non-hydrogen) atoms. The summed E-state index contributed by atoms with van der Waals surface area (Å²) in [5, 5.41) is 0. The molecule has 1 aromatic carbocycles. The minimum Gasteiger partial charge on any atom is -0.292 e. The number of pyridine rings is 1. The van der Waals surface area contributed by atoms with E-state index in [-0.39, 0.29) is 5.78 Å². The molecule has 0 saturated carbocycles. The van der Waals surface area contributed by atoms with Crippen LogP contribution in [0, 0.1) is 27.7 Å². The number of benzene rings is 1. The summed E-state index contributed by atoms with van der Waals surface area (Å²) in [5.41, 5.74) is 6.34. The fraction of sp³-hybridized carbons (Fsp3) is 0.294. The molecule has 0 amide bonds. The zero-order valence-electron chi connectivity index (χ0n) is 11.9. The molecule has 0 radical (unpaired) electrons. The number of aromatic nitrogens is 1. The van der Waals surface area contributed by atoms with Gasteiger partial charge in [0.15, 0.2) is 5.78 Å². The Labute approximate surface area is 114 Å². The van der Waals surface area contributed by atoms with Crippen LogP contribution in [-0.4, -0.2) is 10.8 Å². The van der Waals surface area contributed by atoms with Crippen molar-refractivity contribution in [2.24, 2.45) is 0 Å². The van der Waals surface area contributed by atoms with E-state index in [0.717, 1.165) is 11.1 Å². The average Bonchev–Trinajstić information content (AvgIpc) is 2.33. The summed E-state index contributed by atoms with van der Waals surface area (Å²) in [6, 6.07) is 8.00. The molecule has 0 unspecified atom stereocenters. The molecule has 98 valence electrons. The number of Topliss-reactive ketones (excluding diaryl/α,β-unsaturated/α-hetero) is 1. The first-order valence-corrected chi connectivity index (χ1v) is 6.50. The lowest BCUT2D eigenvalue weighted by molar-refractivity contribution is 0.0987. The normalized spacial score (nSPS) is 10.5. The maximum absolute atomic E-state index is 12.3. The molecule has 0 fully saturated rings. The van der Waals surface area contributed by atoms with Crippen molar-refractivity contribution >= 4 is 5.78 Å². The molecule has 0 atom stereocenters. The number of hydrogen-bond donors (Lipinski definition) is 0. The average molecular weight is 253 g/mol. The Morgan fingerprint density at radius 1 is 1.00 bits per heavy atom. The van der Waals surface area contributed by atoms with Gasteiger partial charge in [-0.3, -0.25) is 9.78 Å². The van der Waals surface area contributed by atoms with E-state index in [4.69, 9.17) is 0 Å². The molecule has 0 saturated heterocycles. The van der Waals surface area contributed by atoms with Crippen LogP contribution >= 0.6 is 0 Å². The van der Waals surface area contributed by atoms with Crippen LogP contribution in [0.4, 0.5) is 0 Å². The van der Waals surface area contributed by atoms with Crippen LogP contribution in [0.3, 0.4) is 0 Å². The van der Waals surface area contributed by atoms with Crippen LogP contribution < -0.4 is 0 Å². The first-order chi connectivity index (χ1) is 8.97. The number of hydrogen-bond acceptors (Lipinski definition) is 2. The van der Waals surface area contributed by atoms with E-state index in [1.54, 1.807) is 6.20 Å². The predicted octanol–water partition coefficient (Wildman–Crippen LogP) is 3.74. The Kier molecular flexibility index (Phi) is 3.79. The van der Waals surface area contributed by atoms with Crippen molar-refractivity contribution in [2.45, 2.75) is 34.1 Å².